The van der Waals surface area contributed by atoms with Crippen molar-refractivity contribution in [3.63, 3.8) is 0 Å². The molecule has 1 saturated heterocycles. The van der Waals surface area contributed by atoms with Gasteiger partial charge in [-0.2, -0.15) is 5.10 Å². The summed E-state index contributed by atoms with van der Waals surface area (Å²) in [5, 5.41) is 9.53. The van der Waals surface area contributed by atoms with Crippen LogP contribution in [0.2, 0.25) is 0 Å². The first-order chi connectivity index (χ1) is 14.3. The van der Waals surface area contributed by atoms with Crippen molar-refractivity contribution in [3.05, 3.63) is 71.8 Å². The van der Waals surface area contributed by atoms with E-state index in [1.807, 2.05) is 53.4 Å². The predicted molar refractivity (Wildman–Crippen MR) is 119 cm³/mol. The van der Waals surface area contributed by atoms with Crippen molar-refractivity contribution in [2.75, 3.05) is 0 Å². The Kier molecular flexibility index (Phi) is 5.23. The number of fused-ring (bicyclic) bond motifs is 2. The summed E-state index contributed by atoms with van der Waals surface area (Å²) >= 11 is 1.58. The third-order valence-corrected chi connectivity index (χ3v) is 7.55. The minimum atomic E-state index is -0.109. The number of carbonyl (C=O) groups excluding carboxylic acids is 1. The van der Waals surface area contributed by atoms with Gasteiger partial charge in [0.05, 0.1) is 11.5 Å². The van der Waals surface area contributed by atoms with E-state index in [-0.39, 0.29) is 11.2 Å². The molecular weight excluding hydrogens is 378 g/mol. The second-order valence-corrected chi connectivity index (χ2v) is 9.45. The van der Waals surface area contributed by atoms with Crippen LogP contribution in [0.3, 0.4) is 0 Å². The Morgan fingerprint density at radius 2 is 1.76 bits per heavy atom. The highest BCUT2D eigenvalue weighted by atomic mass is 32.2. The van der Waals surface area contributed by atoms with Crippen LogP contribution in [-0.2, 0) is 11.2 Å². The van der Waals surface area contributed by atoms with Crippen molar-refractivity contribution in [3.8, 4) is 0 Å². The number of amidine groups is 1. The maximum absolute atomic E-state index is 13.4. The van der Waals surface area contributed by atoms with Gasteiger partial charge in [0.1, 0.15) is 0 Å². The van der Waals surface area contributed by atoms with Gasteiger partial charge in [0, 0.05) is 6.04 Å². The first-order valence-corrected chi connectivity index (χ1v) is 11.4. The molecule has 2 aliphatic carbocycles. The number of carbonyl (C=O) groups is 1. The van der Waals surface area contributed by atoms with E-state index in [1.165, 1.54) is 24.8 Å². The van der Waals surface area contributed by atoms with Gasteiger partial charge in [-0.05, 0) is 48.6 Å². The molecule has 2 bridgehead atoms. The molecule has 1 amide bonds. The summed E-state index contributed by atoms with van der Waals surface area (Å²) in [5.74, 6) is 1.62. The summed E-state index contributed by atoms with van der Waals surface area (Å²) in [7, 11) is 0. The zero-order chi connectivity index (χ0) is 19.6. The molecule has 5 heteroatoms. The Morgan fingerprint density at radius 1 is 1.00 bits per heavy atom. The first-order valence-electron chi connectivity index (χ1n) is 10.5. The van der Waals surface area contributed by atoms with E-state index in [1.54, 1.807) is 18.0 Å². The fourth-order valence-corrected chi connectivity index (χ4v) is 6.21. The average molecular weight is 404 g/mol. The summed E-state index contributed by atoms with van der Waals surface area (Å²) < 4.78 is 0. The Morgan fingerprint density at radius 3 is 2.45 bits per heavy atom. The fraction of sp³-hybridized carbons (Fsp3) is 0.375. The summed E-state index contributed by atoms with van der Waals surface area (Å²) in [4.78, 5) is 15.4. The van der Waals surface area contributed by atoms with Gasteiger partial charge in [0.25, 0.3) is 0 Å². The van der Waals surface area contributed by atoms with E-state index in [0.717, 1.165) is 29.5 Å². The van der Waals surface area contributed by atoms with Crippen molar-refractivity contribution >= 4 is 29.1 Å². The summed E-state index contributed by atoms with van der Waals surface area (Å²) in [6.07, 6.45) is 7.46. The van der Waals surface area contributed by atoms with E-state index in [0.29, 0.717) is 12.0 Å². The molecule has 5 rings (SSSR count). The van der Waals surface area contributed by atoms with Crippen LogP contribution in [0, 0.1) is 11.8 Å². The normalized spacial score (nSPS) is 30.1. The third-order valence-electron chi connectivity index (χ3n) is 6.41. The second kappa shape index (κ2) is 8.15. The Labute approximate surface area is 176 Å². The lowest BCUT2D eigenvalue weighted by Gasteiger charge is -2.30. The van der Waals surface area contributed by atoms with Crippen molar-refractivity contribution < 1.29 is 4.79 Å². The summed E-state index contributed by atoms with van der Waals surface area (Å²) in [5.41, 5.74) is 2.21. The van der Waals surface area contributed by atoms with Crippen LogP contribution in [0.25, 0.3) is 0 Å². The zero-order valence-corrected chi connectivity index (χ0v) is 17.2. The van der Waals surface area contributed by atoms with E-state index >= 15 is 0 Å². The van der Waals surface area contributed by atoms with Gasteiger partial charge in [-0.15, -0.1) is 5.10 Å². The number of hydrogen-bond acceptors (Lipinski definition) is 4. The molecular formula is C24H25N3OS. The van der Waals surface area contributed by atoms with Gasteiger partial charge in [-0.25, -0.2) is 0 Å². The highest BCUT2D eigenvalue weighted by Crippen LogP contribution is 2.49. The predicted octanol–water partition coefficient (Wildman–Crippen LogP) is 4.75. The van der Waals surface area contributed by atoms with E-state index in [9.17, 15) is 4.79 Å². The minimum absolute atomic E-state index is 0.109. The van der Waals surface area contributed by atoms with Gasteiger partial charge in [0.15, 0.2) is 5.17 Å². The van der Waals surface area contributed by atoms with Gasteiger partial charge >= 0.3 is 0 Å². The molecule has 2 saturated carbocycles. The molecule has 148 valence electrons. The lowest BCUT2D eigenvalue weighted by molar-refractivity contribution is -0.128. The molecule has 3 fully saturated rings. The van der Waals surface area contributed by atoms with Crippen molar-refractivity contribution in [1.82, 2.24) is 4.90 Å². The molecule has 29 heavy (non-hydrogen) atoms. The van der Waals surface area contributed by atoms with Crippen LogP contribution in [0.1, 0.15) is 36.8 Å². The van der Waals surface area contributed by atoms with Crippen LogP contribution >= 0.6 is 11.8 Å². The van der Waals surface area contributed by atoms with Crippen LogP contribution in [0.4, 0.5) is 0 Å². The standard InChI is InChI=1S/C24H25N3OS/c28-23-22(15-17-7-3-1-4-8-17)29-24(26-25-16-18-9-5-2-6-10-18)27(23)21-14-19-11-12-20(21)13-19/h1-10,16,19-22H,11-15H2. The lowest BCUT2D eigenvalue weighted by Crippen LogP contribution is -2.44. The largest absolute Gasteiger partial charge is 0.285 e. The molecule has 0 spiro atoms. The maximum atomic E-state index is 13.4. The smallest absolute Gasteiger partial charge is 0.242 e. The maximum Gasteiger partial charge on any atom is 0.242 e. The molecule has 4 unspecified atom stereocenters. The van der Waals surface area contributed by atoms with Crippen LogP contribution in [-0.4, -0.2) is 33.5 Å². The first kappa shape index (κ1) is 18.6. The molecule has 1 aliphatic heterocycles. The van der Waals surface area contributed by atoms with E-state index < -0.39 is 0 Å². The van der Waals surface area contributed by atoms with Gasteiger partial charge in [-0.1, -0.05) is 78.8 Å². The number of amides is 1. The molecule has 0 aromatic heterocycles. The molecule has 3 aliphatic rings. The number of benzene rings is 2. The van der Waals surface area contributed by atoms with Crippen molar-refractivity contribution in [2.24, 2.45) is 22.0 Å². The van der Waals surface area contributed by atoms with Gasteiger partial charge < -0.3 is 0 Å². The average Bonchev–Trinajstić information content (AvgIpc) is 3.45. The van der Waals surface area contributed by atoms with Gasteiger partial charge in [-0.3, -0.25) is 9.69 Å². The number of thioether (sulfide) groups is 1. The Hall–Kier alpha value is -2.40. The van der Waals surface area contributed by atoms with Crippen LogP contribution in [0.15, 0.2) is 70.9 Å². The monoisotopic (exact) mass is 403 g/mol. The molecule has 2 aromatic rings. The topological polar surface area (TPSA) is 45.0 Å². The highest BCUT2D eigenvalue weighted by molar-refractivity contribution is 8.15. The molecule has 4 nitrogen and oxygen atoms in total. The highest BCUT2D eigenvalue weighted by Gasteiger charge is 2.49. The Balaban J connectivity index is 1.39. The minimum Gasteiger partial charge on any atom is -0.285 e. The van der Waals surface area contributed by atoms with E-state index in [2.05, 4.69) is 22.3 Å². The number of rotatable bonds is 5. The van der Waals surface area contributed by atoms with E-state index in [4.69, 9.17) is 0 Å². The molecule has 0 radical (unpaired) electrons. The summed E-state index contributed by atoms with van der Waals surface area (Å²) in [6.45, 7) is 0. The van der Waals surface area contributed by atoms with Crippen LogP contribution < -0.4 is 0 Å². The number of nitrogens with zero attached hydrogens (tertiary/aromatic N) is 3. The van der Waals surface area contributed by atoms with Crippen molar-refractivity contribution in [1.29, 1.82) is 0 Å². The lowest BCUT2D eigenvalue weighted by atomic mass is 9.94. The number of hydrogen-bond donors (Lipinski definition) is 0. The molecule has 1 heterocycles. The summed E-state index contributed by atoms with van der Waals surface area (Å²) in [6, 6.07) is 20.5. The molecule has 2 aromatic carbocycles. The quantitative estimate of drug-likeness (QED) is 0.534. The molecule has 4 atom stereocenters. The van der Waals surface area contributed by atoms with Crippen molar-refractivity contribution in [2.45, 2.75) is 43.4 Å². The second-order valence-electron chi connectivity index (χ2n) is 8.28. The third kappa shape index (κ3) is 3.88. The fourth-order valence-electron chi connectivity index (χ4n) is 5.03. The zero-order valence-electron chi connectivity index (χ0n) is 16.4. The SMILES string of the molecule is O=C1C(Cc2ccccc2)SC(=NN=Cc2ccccc2)N1C1CC2CCC1C2. The molecule has 0 N–H and O–H groups in total. The van der Waals surface area contributed by atoms with Crippen LogP contribution in [0.5, 0.6) is 0 Å². The Bertz CT molecular complexity index is 928. The van der Waals surface area contributed by atoms with Gasteiger partial charge in [0.2, 0.25) is 5.91 Å².